The van der Waals surface area contributed by atoms with Gasteiger partial charge in [0.2, 0.25) is 5.91 Å². The number of carbonyl (C=O) groups excluding carboxylic acids is 1. The third-order valence-electron chi connectivity index (χ3n) is 4.32. The van der Waals surface area contributed by atoms with Gasteiger partial charge in [0.1, 0.15) is 16.9 Å². The molecule has 0 spiro atoms. The average Bonchev–Trinajstić information content (AvgIpc) is 2.72. The Labute approximate surface area is 124 Å². The third-order valence-corrected chi connectivity index (χ3v) is 4.32. The zero-order valence-electron chi connectivity index (χ0n) is 12.9. The first kappa shape index (κ1) is 15.4. The minimum Gasteiger partial charge on any atom is -0.466 e. The van der Waals surface area contributed by atoms with Crippen LogP contribution in [0.3, 0.4) is 0 Å². The van der Waals surface area contributed by atoms with E-state index in [1.807, 2.05) is 33.8 Å². The van der Waals surface area contributed by atoms with Crippen LogP contribution in [0.15, 0.2) is 15.6 Å². The monoisotopic (exact) mass is 293 g/mol. The molecule has 116 valence electrons. The summed E-state index contributed by atoms with van der Waals surface area (Å²) in [5.41, 5.74) is 5.81. The lowest BCUT2D eigenvalue weighted by Crippen LogP contribution is -2.57. The number of nitrogens with two attached hydrogens (primary N) is 1. The van der Waals surface area contributed by atoms with E-state index in [0.29, 0.717) is 18.8 Å². The van der Waals surface area contributed by atoms with Crippen molar-refractivity contribution in [3.63, 3.8) is 0 Å². The standard InChI is InChI=1S/C15H23N3O3/c1-8-6-15(7-8,13(16)18-20)14(19)17-10(3)12-5-9(2)21-11(12)4/h5,8,10,20H,6-7H2,1-4H3,(H2,16,18)(H,17,19). The van der Waals surface area contributed by atoms with Crippen LogP contribution in [0.4, 0.5) is 0 Å². The quantitative estimate of drug-likeness (QED) is 0.343. The summed E-state index contributed by atoms with van der Waals surface area (Å²) in [7, 11) is 0. The lowest BCUT2D eigenvalue weighted by atomic mass is 9.61. The molecule has 4 N–H and O–H groups in total. The summed E-state index contributed by atoms with van der Waals surface area (Å²) in [6.07, 6.45) is 1.20. The van der Waals surface area contributed by atoms with E-state index in [-0.39, 0.29) is 17.8 Å². The number of oxime groups is 1. The minimum absolute atomic E-state index is 0.00889. The van der Waals surface area contributed by atoms with Crippen LogP contribution in [0.1, 0.15) is 49.8 Å². The van der Waals surface area contributed by atoms with Crippen molar-refractivity contribution in [1.82, 2.24) is 5.32 Å². The summed E-state index contributed by atoms with van der Waals surface area (Å²) in [5, 5.41) is 15.0. The van der Waals surface area contributed by atoms with Crippen LogP contribution in [0.5, 0.6) is 0 Å². The van der Waals surface area contributed by atoms with Gasteiger partial charge in [-0.3, -0.25) is 4.79 Å². The van der Waals surface area contributed by atoms with Gasteiger partial charge in [0, 0.05) is 5.56 Å². The molecule has 1 aromatic heterocycles. The van der Waals surface area contributed by atoms with Crippen LogP contribution in [0, 0.1) is 25.2 Å². The fraction of sp³-hybridized carbons (Fsp3) is 0.600. The molecule has 6 nitrogen and oxygen atoms in total. The van der Waals surface area contributed by atoms with Gasteiger partial charge in [-0.1, -0.05) is 12.1 Å². The number of carbonyl (C=O) groups is 1. The van der Waals surface area contributed by atoms with Crippen molar-refractivity contribution in [2.45, 2.75) is 46.6 Å². The van der Waals surface area contributed by atoms with Crippen molar-refractivity contribution >= 4 is 11.7 Å². The number of hydrogen-bond acceptors (Lipinski definition) is 4. The maximum absolute atomic E-state index is 12.6. The van der Waals surface area contributed by atoms with E-state index in [1.165, 1.54) is 0 Å². The second-order valence-electron chi connectivity index (χ2n) is 6.14. The fourth-order valence-corrected chi connectivity index (χ4v) is 3.23. The zero-order valence-corrected chi connectivity index (χ0v) is 12.9. The van der Waals surface area contributed by atoms with Gasteiger partial charge in [0.15, 0.2) is 5.84 Å². The maximum Gasteiger partial charge on any atom is 0.234 e. The van der Waals surface area contributed by atoms with E-state index in [4.69, 9.17) is 15.4 Å². The van der Waals surface area contributed by atoms with Gasteiger partial charge >= 0.3 is 0 Å². The van der Waals surface area contributed by atoms with E-state index in [1.54, 1.807) is 0 Å². The molecule has 0 bridgehead atoms. The van der Waals surface area contributed by atoms with Crippen molar-refractivity contribution in [2.24, 2.45) is 22.2 Å². The minimum atomic E-state index is -0.880. The molecular formula is C15H23N3O3. The highest BCUT2D eigenvalue weighted by Crippen LogP contribution is 2.46. The van der Waals surface area contributed by atoms with Gasteiger partial charge in [-0.2, -0.15) is 0 Å². The highest BCUT2D eigenvalue weighted by molar-refractivity contribution is 6.07. The average molecular weight is 293 g/mol. The summed E-state index contributed by atoms with van der Waals surface area (Å²) in [6.45, 7) is 7.69. The Bertz CT molecular complexity index is 571. The van der Waals surface area contributed by atoms with Crippen molar-refractivity contribution in [1.29, 1.82) is 0 Å². The van der Waals surface area contributed by atoms with Crippen LogP contribution in [0.2, 0.25) is 0 Å². The van der Waals surface area contributed by atoms with Crippen molar-refractivity contribution in [2.75, 3.05) is 0 Å². The number of furan rings is 1. The van der Waals surface area contributed by atoms with E-state index in [2.05, 4.69) is 10.5 Å². The first-order valence-electron chi connectivity index (χ1n) is 7.16. The molecule has 1 atom stereocenters. The smallest absolute Gasteiger partial charge is 0.234 e. The van der Waals surface area contributed by atoms with Gasteiger partial charge in [0.25, 0.3) is 0 Å². The molecule has 1 unspecified atom stereocenters. The molecule has 1 aliphatic carbocycles. The largest absolute Gasteiger partial charge is 0.466 e. The SMILES string of the molecule is Cc1cc(C(C)NC(=O)C2(/C(N)=N/O)CC(C)C2)c(C)o1. The molecule has 1 amide bonds. The predicted molar refractivity (Wildman–Crippen MR) is 79.0 cm³/mol. The Balaban J connectivity index is 2.15. The number of nitrogens with zero attached hydrogens (tertiary/aromatic N) is 1. The zero-order chi connectivity index (χ0) is 15.8. The molecule has 0 aromatic carbocycles. The summed E-state index contributed by atoms with van der Waals surface area (Å²) >= 11 is 0. The number of amides is 1. The molecule has 1 fully saturated rings. The van der Waals surface area contributed by atoms with E-state index in [9.17, 15) is 4.79 Å². The van der Waals surface area contributed by atoms with E-state index in [0.717, 1.165) is 17.1 Å². The summed E-state index contributed by atoms with van der Waals surface area (Å²) < 4.78 is 5.49. The Hall–Kier alpha value is -1.98. The number of hydrogen-bond donors (Lipinski definition) is 3. The molecule has 6 heteroatoms. The first-order valence-corrected chi connectivity index (χ1v) is 7.16. The lowest BCUT2D eigenvalue weighted by molar-refractivity contribution is -0.133. The summed E-state index contributed by atoms with van der Waals surface area (Å²) in [4.78, 5) is 12.6. The van der Waals surface area contributed by atoms with Crippen molar-refractivity contribution in [3.8, 4) is 0 Å². The topological polar surface area (TPSA) is 101 Å². The number of aryl methyl sites for hydroxylation is 2. The Kier molecular flexibility index (Phi) is 3.98. The van der Waals surface area contributed by atoms with Crippen LogP contribution < -0.4 is 11.1 Å². The molecule has 1 saturated carbocycles. The first-order chi connectivity index (χ1) is 9.80. The fourth-order valence-electron chi connectivity index (χ4n) is 3.23. The van der Waals surface area contributed by atoms with Crippen LogP contribution in [-0.4, -0.2) is 17.0 Å². The van der Waals surface area contributed by atoms with E-state index >= 15 is 0 Å². The Morgan fingerprint density at radius 3 is 2.62 bits per heavy atom. The van der Waals surface area contributed by atoms with Crippen molar-refractivity contribution in [3.05, 3.63) is 23.2 Å². The second kappa shape index (κ2) is 5.42. The predicted octanol–water partition coefficient (Wildman–Crippen LogP) is 2.24. The summed E-state index contributed by atoms with van der Waals surface area (Å²) in [5.74, 6) is 1.79. The summed E-state index contributed by atoms with van der Waals surface area (Å²) in [6, 6.07) is 1.73. The van der Waals surface area contributed by atoms with Crippen LogP contribution >= 0.6 is 0 Å². The van der Waals surface area contributed by atoms with Crippen LogP contribution in [0.25, 0.3) is 0 Å². The van der Waals surface area contributed by atoms with Gasteiger partial charge in [0.05, 0.1) is 6.04 Å². The van der Waals surface area contributed by atoms with Gasteiger partial charge in [-0.05, 0) is 45.6 Å². The molecule has 1 aromatic rings. The highest BCUT2D eigenvalue weighted by atomic mass is 16.4. The molecule has 1 aliphatic rings. The lowest BCUT2D eigenvalue weighted by Gasteiger charge is -2.44. The maximum atomic E-state index is 12.6. The third kappa shape index (κ3) is 2.62. The highest BCUT2D eigenvalue weighted by Gasteiger charge is 2.52. The number of amidine groups is 1. The van der Waals surface area contributed by atoms with Gasteiger partial charge < -0.3 is 20.7 Å². The van der Waals surface area contributed by atoms with Gasteiger partial charge in [-0.15, -0.1) is 0 Å². The number of rotatable bonds is 4. The molecule has 1 heterocycles. The molecular weight excluding hydrogens is 270 g/mol. The second-order valence-corrected chi connectivity index (χ2v) is 6.14. The van der Waals surface area contributed by atoms with Crippen molar-refractivity contribution < 1.29 is 14.4 Å². The van der Waals surface area contributed by atoms with Crippen LogP contribution in [-0.2, 0) is 4.79 Å². The Morgan fingerprint density at radius 2 is 2.19 bits per heavy atom. The molecule has 0 radical (unpaired) electrons. The molecule has 21 heavy (non-hydrogen) atoms. The number of nitrogens with one attached hydrogen (secondary N) is 1. The normalized spacial score (nSPS) is 27.0. The van der Waals surface area contributed by atoms with Gasteiger partial charge in [-0.25, -0.2) is 0 Å². The molecule has 2 rings (SSSR count). The Morgan fingerprint density at radius 1 is 1.57 bits per heavy atom. The molecule has 0 saturated heterocycles. The van der Waals surface area contributed by atoms with E-state index < -0.39 is 5.41 Å². The molecule has 0 aliphatic heterocycles.